The highest BCUT2D eigenvalue weighted by Gasteiger charge is 2.30. The van der Waals surface area contributed by atoms with Gasteiger partial charge in [-0.25, -0.2) is 0 Å². The fourth-order valence-corrected chi connectivity index (χ4v) is 2.99. The van der Waals surface area contributed by atoms with Crippen LogP contribution in [0, 0.1) is 0 Å². The lowest BCUT2D eigenvalue weighted by Gasteiger charge is -2.33. The molecular weight excluding hydrogens is 266 g/mol. The molecule has 0 saturated carbocycles. The van der Waals surface area contributed by atoms with Gasteiger partial charge in [-0.2, -0.15) is 0 Å². The molecule has 3 rings (SSSR count). The zero-order chi connectivity index (χ0) is 14.7. The van der Waals surface area contributed by atoms with Gasteiger partial charge in [-0.15, -0.1) is 0 Å². The van der Waals surface area contributed by atoms with Gasteiger partial charge >= 0.3 is 0 Å². The number of rotatable bonds is 4. The molecule has 0 spiro atoms. The van der Waals surface area contributed by atoms with Gasteiger partial charge in [0.15, 0.2) is 12.5 Å². The maximum absolute atomic E-state index is 11.4. The van der Waals surface area contributed by atoms with Crippen LogP contribution in [0.25, 0.3) is 5.70 Å². The molecule has 1 aromatic carbocycles. The molecule has 1 atom stereocenters. The summed E-state index contributed by atoms with van der Waals surface area (Å²) in [6, 6.07) is 8.29. The lowest BCUT2D eigenvalue weighted by molar-refractivity contribution is -0.112. The van der Waals surface area contributed by atoms with Gasteiger partial charge in [0.2, 0.25) is 0 Å². The fourth-order valence-electron chi connectivity index (χ4n) is 2.99. The van der Waals surface area contributed by atoms with Crippen molar-refractivity contribution < 1.29 is 9.53 Å². The first-order chi connectivity index (χ1) is 10.3. The summed E-state index contributed by atoms with van der Waals surface area (Å²) in [5.74, 6) is 0.818. The first-order valence-corrected chi connectivity index (χ1v) is 7.38. The summed E-state index contributed by atoms with van der Waals surface area (Å²) in [5.41, 5.74) is 2.02. The molecule has 21 heavy (non-hydrogen) atoms. The Morgan fingerprint density at radius 1 is 1.33 bits per heavy atom. The van der Waals surface area contributed by atoms with E-state index in [1.807, 2.05) is 24.3 Å². The highest BCUT2D eigenvalue weighted by atomic mass is 16.5. The van der Waals surface area contributed by atoms with Crippen LogP contribution >= 0.6 is 0 Å². The van der Waals surface area contributed by atoms with Crippen LogP contribution in [0.5, 0.6) is 5.75 Å². The zero-order valence-electron chi connectivity index (χ0n) is 12.2. The van der Waals surface area contributed by atoms with Crippen LogP contribution in [0.3, 0.4) is 0 Å². The molecular formula is C16H21N3O2. The van der Waals surface area contributed by atoms with Crippen molar-refractivity contribution >= 4 is 12.0 Å². The van der Waals surface area contributed by atoms with Crippen LogP contribution in [-0.4, -0.2) is 43.6 Å². The number of nitrogens with zero attached hydrogens (tertiary/aromatic N) is 1. The van der Waals surface area contributed by atoms with Crippen LogP contribution < -0.4 is 15.4 Å². The third-order valence-electron chi connectivity index (χ3n) is 4.14. The Balaban J connectivity index is 1.83. The number of hydrogen-bond donors (Lipinski definition) is 2. The number of methoxy groups -OCH3 is 1. The van der Waals surface area contributed by atoms with Crippen molar-refractivity contribution in [1.29, 1.82) is 0 Å². The number of hydrogen-bond acceptors (Lipinski definition) is 5. The summed E-state index contributed by atoms with van der Waals surface area (Å²) in [6.07, 6.45) is 4.91. The normalized spacial score (nSPS) is 22.6. The Hall–Kier alpha value is -2.01. The summed E-state index contributed by atoms with van der Waals surface area (Å²) >= 11 is 0. The highest BCUT2D eigenvalue weighted by molar-refractivity contribution is 5.72. The highest BCUT2D eigenvalue weighted by Crippen LogP contribution is 2.26. The summed E-state index contributed by atoms with van der Waals surface area (Å²) in [5, 5.41) is 6.66. The van der Waals surface area contributed by atoms with Crippen LogP contribution in [0.2, 0.25) is 0 Å². The lowest BCUT2D eigenvalue weighted by atomic mass is 10.1. The molecule has 112 valence electrons. The van der Waals surface area contributed by atoms with Gasteiger partial charge in [-0.05, 0) is 38.1 Å². The van der Waals surface area contributed by atoms with Crippen molar-refractivity contribution in [1.82, 2.24) is 15.5 Å². The molecule has 2 heterocycles. The van der Waals surface area contributed by atoms with Crippen molar-refractivity contribution in [3.05, 3.63) is 36.0 Å². The molecule has 0 bridgehead atoms. The van der Waals surface area contributed by atoms with E-state index in [-0.39, 0.29) is 6.17 Å². The summed E-state index contributed by atoms with van der Waals surface area (Å²) < 4.78 is 5.26. The van der Waals surface area contributed by atoms with E-state index < -0.39 is 0 Å². The number of benzene rings is 1. The predicted molar refractivity (Wildman–Crippen MR) is 81.7 cm³/mol. The molecule has 2 N–H and O–H groups in total. The van der Waals surface area contributed by atoms with Gasteiger partial charge in [0.1, 0.15) is 5.75 Å². The van der Waals surface area contributed by atoms with E-state index in [0.29, 0.717) is 6.04 Å². The van der Waals surface area contributed by atoms with Crippen molar-refractivity contribution in [2.45, 2.75) is 25.0 Å². The van der Waals surface area contributed by atoms with Gasteiger partial charge in [-0.3, -0.25) is 4.79 Å². The summed E-state index contributed by atoms with van der Waals surface area (Å²) in [7, 11) is 1.66. The zero-order valence-corrected chi connectivity index (χ0v) is 12.2. The van der Waals surface area contributed by atoms with E-state index in [0.717, 1.165) is 49.2 Å². The second-order valence-electron chi connectivity index (χ2n) is 5.43. The van der Waals surface area contributed by atoms with Crippen molar-refractivity contribution in [2.75, 3.05) is 20.2 Å². The summed E-state index contributed by atoms with van der Waals surface area (Å²) in [4.78, 5) is 13.5. The first-order valence-electron chi connectivity index (χ1n) is 7.38. The third-order valence-corrected chi connectivity index (χ3v) is 4.14. The third kappa shape index (κ3) is 2.88. The average Bonchev–Trinajstić information content (AvgIpc) is 3.00. The van der Waals surface area contributed by atoms with E-state index in [9.17, 15) is 4.79 Å². The Morgan fingerprint density at radius 2 is 2.14 bits per heavy atom. The number of piperidine rings is 1. The minimum Gasteiger partial charge on any atom is -0.497 e. The van der Waals surface area contributed by atoms with E-state index in [1.165, 1.54) is 0 Å². The quantitative estimate of drug-likeness (QED) is 0.814. The topological polar surface area (TPSA) is 53.6 Å². The largest absolute Gasteiger partial charge is 0.497 e. The second-order valence-corrected chi connectivity index (χ2v) is 5.43. The smallest absolute Gasteiger partial charge is 0.162 e. The van der Waals surface area contributed by atoms with Gasteiger partial charge in [0.25, 0.3) is 0 Å². The number of carbonyl (C=O) groups is 1. The lowest BCUT2D eigenvalue weighted by Crippen LogP contribution is -2.47. The molecule has 1 fully saturated rings. The van der Waals surface area contributed by atoms with Gasteiger partial charge in [0.05, 0.1) is 12.8 Å². The molecule has 5 nitrogen and oxygen atoms in total. The molecule has 0 aromatic heterocycles. The number of ether oxygens (including phenoxy) is 1. The Morgan fingerprint density at radius 3 is 2.86 bits per heavy atom. The molecule has 0 aliphatic carbocycles. The van der Waals surface area contributed by atoms with Crippen molar-refractivity contribution in [3.63, 3.8) is 0 Å². The number of aldehydes is 1. The van der Waals surface area contributed by atoms with Crippen LogP contribution in [0.15, 0.2) is 30.5 Å². The molecule has 1 unspecified atom stereocenters. The minimum absolute atomic E-state index is 0.269. The molecule has 2 aliphatic heterocycles. The Labute approximate surface area is 125 Å². The van der Waals surface area contributed by atoms with Crippen molar-refractivity contribution in [3.8, 4) is 5.75 Å². The summed E-state index contributed by atoms with van der Waals surface area (Å²) in [6.45, 7) is 2.02. The standard InChI is InChI=1S/C16H21N3O2/c1-21-14-4-2-3-12(9-14)15-10-19(16(11-20)18-15)13-5-7-17-8-6-13/h2-4,9-11,13,16-18H,5-8H2,1H3. The van der Waals surface area contributed by atoms with Crippen molar-refractivity contribution in [2.24, 2.45) is 0 Å². The number of nitrogens with one attached hydrogen (secondary N) is 2. The molecule has 1 aromatic rings. The molecule has 1 saturated heterocycles. The molecule has 5 heteroatoms. The maximum Gasteiger partial charge on any atom is 0.162 e. The predicted octanol–water partition coefficient (Wildman–Crippen LogP) is 1.18. The molecule has 0 amide bonds. The monoisotopic (exact) mass is 287 g/mol. The number of carbonyl (C=O) groups excluding carboxylic acids is 1. The van der Waals surface area contributed by atoms with Crippen LogP contribution in [-0.2, 0) is 4.79 Å². The van der Waals surface area contributed by atoms with Gasteiger partial charge < -0.3 is 20.3 Å². The van der Waals surface area contributed by atoms with E-state index in [2.05, 4.69) is 21.7 Å². The Bertz CT molecular complexity index is 538. The maximum atomic E-state index is 11.4. The van der Waals surface area contributed by atoms with Gasteiger partial charge in [0, 0.05) is 17.8 Å². The van der Waals surface area contributed by atoms with E-state index in [4.69, 9.17) is 4.74 Å². The van der Waals surface area contributed by atoms with Gasteiger partial charge in [-0.1, -0.05) is 12.1 Å². The fraction of sp³-hybridized carbons (Fsp3) is 0.438. The van der Waals surface area contributed by atoms with Crippen LogP contribution in [0.1, 0.15) is 18.4 Å². The van der Waals surface area contributed by atoms with E-state index >= 15 is 0 Å². The minimum atomic E-state index is -0.269. The Kier molecular flexibility index (Phi) is 4.10. The molecule has 2 aliphatic rings. The molecule has 0 radical (unpaired) electrons. The average molecular weight is 287 g/mol. The first kappa shape index (κ1) is 13.9. The van der Waals surface area contributed by atoms with E-state index in [1.54, 1.807) is 7.11 Å². The SMILES string of the molecule is COc1cccc(C2=CN(C3CCNCC3)C(C=O)N2)c1. The van der Waals surface area contributed by atoms with Crippen LogP contribution in [0.4, 0.5) is 0 Å². The second kappa shape index (κ2) is 6.18.